The summed E-state index contributed by atoms with van der Waals surface area (Å²) in [6, 6.07) is 9.75. The third-order valence-corrected chi connectivity index (χ3v) is 4.42. The molecule has 0 fully saturated rings. The molecule has 1 unspecified atom stereocenters. The molecule has 1 atom stereocenters. The molecule has 3 aromatic rings. The van der Waals surface area contributed by atoms with Crippen molar-refractivity contribution >= 4 is 11.6 Å². The highest BCUT2D eigenvalue weighted by atomic mass is 35.5. The van der Waals surface area contributed by atoms with Gasteiger partial charge in [-0.25, -0.2) is 4.98 Å². The summed E-state index contributed by atoms with van der Waals surface area (Å²) in [5.74, 6) is 0.757. The zero-order valence-corrected chi connectivity index (χ0v) is 14.1. The van der Waals surface area contributed by atoms with Crippen LogP contribution in [0.1, 0.15) is 33.9 Å². The van der Waals surface area contributed by atoms with E-state index in [4.69, 9.17) is 11.6 Å². The predicted molar refractivity (Wildman–Crippen MR) is 93.7 cm³/mol. The molecule has 118 valence electrons. The summed E-state index contributed by atoms with van der Waals surface area (Å²) in [6.07, 6.45) is 2.71. The summed E-state index contributed by atoms with van der Waals surface area (Å²) in [6.45, 7) is 6.09. The molecule has 0 radical (unpaired) electrons. The van der Waals surface area contributed by atoms with Crippen LogP contribution >= 0.6 is 11.6 Å². The van der Waals surface area contributed by atoms with Crippen LogP contribution in [0.5, 0.6) is 0 Å². The Hall–Kier alpha value is -2.10. The Kier molecular flexibility index (Phi) is 4.24. The lowest BCUT2D eigenvalue weighted by Crippen LogP contribution is -2.06. The van der Waals surface area contributed by atoms with Crippen LogP contribution in [0, 0.1) is 20.8 Å². The first-order valence-corrected chi connectivity index (χ1v) is 7.90. The number of H-pyrrole nitrogens is 1. The number of imidazole rings is 1. The highest BCUT2D eigenvalue weighted by Gasteiger charge is 2.19. The Morgan fingerprint density at radius 2 is 1.78 bits per heavy atom. The fraction of sp³-hybridized carbons (Fsp3) is 0.211. The highest BCUT2D eigenvalue weighted by Crippen LogP contribution is 2.34. The van der Waals surface area contributed by atoms with Gasteiger partial charge in [0.25, 0.3) is 0 Å². The number of aromatic amines is 1. The van der Waals surface area contributed by atoms with E-state index in [9.17, 15) is 5.11 Å². The van der Waals surface area contributed by atoms with Gasteiger partial charge in [-0.05, 0) is 55.7 Å². The minimum Gasteiger partial charge on any atom is -0.384 e. The van der Waals surface area contributed by atoms with E-state index in [1.165, 1.54) is 5.56 Å². The molecular weight excluding hydrogens is 308 g/mol. The van der Waals surface area contributed by atoms with Gasteiger partial charge in [0.05, 0.1) is 0 Å². The number of aliphatic hydroxyl groups is 1. The van der Waals surface area contributed by atoms with Crippen molar-refractivity contribution in [2.24, 2.45) is 0 Å². The zero-order chi connectivity index (χ0) is 16.6. The average molecular weight is 327 g/mol. The van der Waals surface area contributed by atoms with Crippen LogP contribution in [0.3, 0.4) is 0 Å². The van der Waals surface area contributed by atoms with Gasteiger partial charge in [0.2, 0.25) is 0 Å². The van der Waals surface area contributed by atoms with Crippen LogP contribution in [0.15, 0.2) is 42.7 Å². The van der Waals surface area contributed by atoms with Crippen molar-refractivity contribution in [1.82, 2.24) is 9.97 Å². The molecule has 1 aromatic heterocycles. The van der Waals surface area contributed by atoms with Gasteiger partial charge in [-0.15, -0.1) is 0 Å². The molecule has 4 heteroatoms. The van der Waals surface area contributed by atoms with Gasteiger partial charge in [0.1, 0.15) is 11.9 Å². The Balaban J connectivity index is 2.10. The van der Waals surface area contributed by atoms with Crippen LogP contribution in [0.2, 0.25) is 5.02 Å². The largest absolute Gasteiger partial charge is 0.384 e. The van der Waals surface area contributed by atoms with Crippen molar-refractivity contribution in [3.05, 3.63) is 75.6 Å². The number of aliphatic hydroxyl groups excluding tert-OH is 1. The van der Waals surface area contributed by atoms with E-state index in [2.05, 4.69) is 29.0 Å². The topological polar surface area (TPSA) is 48.9 Å². The number of hydrogen-bond acceptors (Lipinski definition) is 2. The quantitative estimate of drug-likeness (QED) is 0.730. The first-order chi connectivity index (χ1) is 11.0. The molecule has 3 nitrogen and oxygen atoms in total. The van der Waals surface area contributed by atoms with Crippen LogP contribution in [0.4, 0.5) is 0 Å². The molecule has 0 amide bonds. The minimum absolute atomic E-state index is 0.548. The minimum atomic E-state index is -0.766. The number of halogens is 1. The third kappa shape index (κ3) is 3.03. The number of nitrogens with one attached hydrogen (secondary N) is 1. The van der Waals surface area contributed by atoms with E-state index >= 15 is 0 Å². The third-order valence-electron chi connectivity index (χ3n) is 4.07. The smallest absolute Gasteiger partial charge is 0.137 e. The Morgan fingerprint density at radius 3 is 2.39 bits per heavy atom. The number of rotatable bonds is 3. The summed E-state index contributed by atoms with van der Waals surface area (Å²) in [5.41, 5.74) is 5.82. The second-order valence-electron chi connectivity index (χ2n) is 5.89. The summed E-state index contributed by atoms with van der Waals surface area (Å²) in [4.78, 5) is 7.33. The molecule has 0 saturated heterocycles. The van der Waals surface area contributed by atoms with E-state index in [1.54, 1.807) is 18.5 Å². The molecule has 2 aromatic carbocycles. The average Bonchev–Trinajstić information content (AvgIpc) is 3.00. The lowest BCUT2D eigenvalue weighted by atomic mass is 9.91. The second kappa shape index (κ2) is 6.19. The van der Waals surface area contributed by atoms with Crippen LogP contribution in [0.25, 0.3) is 11.4 Å². The van der Waals surface area contributed by atoms with Crippen molar-refractivity contribution in [2.45, 2.75) is 26.9 Å². The van der Waals surface area contributed by atoms with Gasteiger partial charge in [0, 0.05) is 28.5 Å². The molecule has 23 heavy (non-hydrogen) atoms. The molecule has 0 saturated carbocycles. The first kappa shape index (κ1) is 15.8. The Labute approximate surface area is 141 Å². The summed E-state index contributed by atoms with van der Waals surface area (Å²) < 4.78 is 0. The van der Waals surface area contributed by atoms with Crippen LogP contribution in [-0.4, -0.2) is 15.1 Å². The van der Waals surface area contributed by atoms with Gasteiger partial charge in [-0.3, -0.25) is 0 Å². The number of benzene rings is 2. The van der Waals surface area contributed by atoms with Crippen LogP contribution in [-0.2, 0) is 0 Å². The van der Waals surface area contributed by atoms with Crippen molar-refractivity contribution in [3.8, 4) is 11.4 Å². The second-order valence-corrected chi connectivity index (χ2v) is 6.30. The maximum absolute atomic E-state index is 10.9. The number of aryl methyl sites for hydroxylation is 3. The molecule has 3 rings (SSSR count). The lowest BCUT2D eigenvalue weighted by Gasteiger charge is -2.19. The molecule has 0 aliphatic heterocycles. The van der Waals surface area contributed by atoms with E-state index in [1.807, 2.05) is 26.0 Å². The summed E-state index contributed by atoms with van der Waals surface area (Å²) in [7, 11) is 0. The molecule has 0 aliphatic carbocycles. The van der Waals surface area contributed by atoms with E-state index in [0.717, 1.165) is 28.1 Å². The Bertz CT molecular complexity index is 818. The molecule has 2 N–H and O–H groups in total. The Morgan fingerprint density at radius 1 is 1.09 bits per heavy atom. The van der Waals surface area contributed by atoms with Crippen molar-refractivity contribution in [1.29, 1.82) is 0 Å². The van der Waals surface area contributed by atoms with Crippen molar-refractivity contribution in [2.75, 3.05) is 0 Å². The van der Waals surface area contributed by atoms with Gasteiger partial charge in [-0.1, -0.05) is 29.3 Å². The monoisotopic (exact) mass is 326 g/mol. The summed E-state index contributed by atoms with van der Waals surface area (Å²) >= 11 is 6.35. The molecule has 0 aliphatic rings. The maximum Gasteiger partial charge on any atom is 0.137 e. The predicted octanol–water partition coefficient (Wildman–Crippen LogP) is 4.74. The van der Waals surface area contributed by atoms with Gasteiger partial charge in [-0.2, -0.15) is 0 Å². The first-order valence-electron chi connectivity index (χ1n) is 7.52. The van der Waals surface area contributed by atoms with Crippen molar-refractivity contribution < 1.29 is 5.11 Å². The SMILES string of the molecule is Cc1cc(C)c(C(O)c2cc(-c3ncc[nH]3)ccc2Cl)c(C)c1. The van der Waals surface area contributed by atoms with E-state index in [0.29, 0.717) is 10.6 Å². The molecule has 0 spiro atoms. The lowest BCUT2D eigenvalue weighted by molar-refractivity contribution is 0.219. The van der Waals surface area contributed by atoms with E-state index in [-0.39, 0.29) is 0 Å². The standard InChI is InChI=1S/C19H19ClN2O/c1-11-8-12(2)17(13(3)9-11)18(23)15-10-14(4-5-16(15)20)19-21-6-7-22-19/h4-10,18,23H,1-3H3,(H,21,22). The number of nitrogens with zero attached hydrogens (tertiary/aromatic N) is 1. The fourth-order valence-corrected chi connectivity index (χ4v) is 3.32. The van der Waals surface area contributed by atoms with Crippen LogP contribution < -0.4 is 0 Å². The van der Waals surface area contributed by atoms with E-state index < -0.39 is 6.10 Å². The number of hydrogen-bond donors (Lipinski definition) is 2. The molecule has 1 heterocycles. The van der Waals surface area contributed by atoms with Gasteiger partial charge in [0.15, 0.2) is 0 Å². The fourth-order valence-electron chi connectivity index (χ4n) is 3.10. The zero-order valence-electron chi connectivity index (χ0n) is 13.4. The van der Waals surface area contributed by atoms with Gasteiger partial charge >= 0.3 is 0 Å². The number of aromatic nitrogens is 2. The highest BCUT2D eigenvalue weighted by molar-refractivity contribution is 6.31. The maximum atomic E-state index is 10.9. The van der Waals surface area contributed by atoms with Gasteiger partial charge < -0.3 is 10.1 Å². The van der Waals surface area contributed by atoms with Crippen molar-refractivity contribution in [3.63, 3.8) is 0 Å². The molecular formula is C19H19ClN2O. The molecule has 0 bridgehead atoms. The normalized spacial score (nSPS) is 12.4. The summed E-state index contributed by atoms with van der Waals surface area (Å²) in [5, 5.41) is 11.5.